The molecule has 0 radical (unpaired) electrons. The predicted molar refractivity (Wildman–Crippen MR) is 85.5 cm³/mol. The molecule has 114 valence electrons. The number of benzene rings is 1. The predicted octanol–water partition coefficient (Wildman–Crippen LogP) is 3.81. The van der Waals surface area contributed by atoms with Gasteiger partial charge in [0.05, 0.1) is 13.2 Å². The summed E-state index contributed by atoms with van der Waals surface area (Å²) in [6, 6.07) is 4.56. The van der Waals surface area contributed by atoms with Gasteiger partial charge in [0.1, 0.15) is 11.3 Å². The Morgan fingerprint density at radius 1 is 1.24 bits per heavy atom. The van der Waals surface area contributed by atoms with Crippen LogP contribution in [0.1, 0.15) is 42.7 Å². The molecule has 0 spiro atoms. The molecule has 0 fully saturated rings. The summed E-state index contributed by atoms with van der Waals surface area (Å²) in [6.45, 7) is 6.82. The zero-order valence-electron chi connectivity index (χ0n) is 13.3. The van der Waals surface area contributed by atoms with Crippen LogP contribution in [0.5, 0.6) is 0 Å². The molecule has 3 rings (SSSR count). The van der Waals surface area contributed by atoms with Gasteiger partial charge in [0, 0.05) is 18.1 Å². The number of methoxy groups -OCH3 is 1. The van der Waals surface area contributed by atoms with Gasteiger partial charge in [-0.25, -0.2) is 0 Å². The van der Waals surface area contributed by atoms with Crippen LogP contribution in [0.2, 0.25) is 0 Å². The average Bonchev–Trinajstić information content (AvgIpc) is 3.01. The number of furan rings is 1. The number of fused-ring (bicyclic) bond motifs is 2. The number of hydrogen-bond donors (Lipinski definition) is 1. The lowest BCUT2D eigenvalue weighted by Gasteiger charge is -2.07. The number of ether oxygens (including phenoxy) is 1. The molecule has 2 aromatic rings. The van der Waals surface area contributed by atoms with Crippen LogP contribution in [-0.2, 0) is 30.7 Å². The molecule has 0 unspecified atom stereocenters. The van der Waals surface area contributed by atoms with Crippen LogP contribution in [-0.4, -0.2) is 13.7 Å². The number of rotatable bonds is 6. The van der Waals surface area contributed by atoms with Crippen molar-refractivity contribution in [3.63, 3.8) is 0 Å². The van der Waals surface area contributed by atoms with Gasteiger partial charge in [-0.3, -0.25) is 0 Å². The summed E-state index contributed by atoms with van der Waals surface area (Å²) in [5, 5.41) is 4.70. The third-order valence-electron chi connectivity index (χ3n) is 4.22. The van der Waals surface area contributed by atoms with Crippen molar-refractivity contribution >= 4 is 11.0 Å². The van der Waals surface area contributed by atoms with Crippen LogP contribution in [0.3, 0.4) is 0 Å². The van der Waals surface area contributed by atoms with Crippen LogP contribution in [0.25, 0.3) is 11.0 Å². The Hall–Kier alpha value is -1.32. The second-order valence-corrected chi connectivity index (χ2v) is 6.43. The van der Waals surface area contributed by atoms with Crippen molar-refractivity contribution in [3.8, 4) is 0 Å². The minimum absolute atomic E-state index is 0.616. The maximum absolute atomic E-state index is 6.12. The molecule has 0 atom stereocenters. The maximum atomic E-state index is 6.12. The fraction of sp³-hybridized carbons (Fsp3) is 0.556. The quantitative estimate of drug-likeness (QED) is 0.877. The van der Waals surface area contributed by atoms with Crippen molar-refractivity contribution in [2.75, 3.05) is 13.7 Å². The minimum Gasteiger partial charge on any atom is -0.459 e. The molecule has 1 aromatic carbocycles. The summed E-state index contributed by atoms with van der Waals surface area (Å²) in [4.78, 5) is 0. The van der Waals surface area contributed by atoms with Crippen LogP contribution in [0, 0.1) is 5.92 Å². The highest BCUT2D eigenvalue weighted by Crippen LogP contribution is 2.33. The third kappa shape index (κ3) is 2.99. The molecule has 1 heterocycles. The lowest BCUT2D eigenvalue weighted by molar-refractivity contribution is 0.183. The Bertz CT molecular complexity index is 628. The first-order chi connectivity index (χ1) is 10.2. The van der Waals surface area contributed by atoms with Gasteiger partial charge in [-0.2, -0.15) is 0 Å². The molecule has 1 aliphatic rings. The van der Waals surface area contributed by atoms with E-state index in [0.29, 0.717) is 12.5 Å². The normalized spacial score (nSPS) is 14.3. The van der Waals surface area contributed by atoms with E-state index in [1.54, 1.807) is 7.11 Å². The smallest absolute Gasteiger partial charge is 0.135 e. The summed E-state index contributed by atoms with van der Waals surface area (Å²) >= 11 is 0. The first kappa shape index (κ1) is 14.6. The second kappa shape index (κ2) is 6.20. The van der Waals surface area contributed by atoms with E-state index in [9.17, 15) is 0 Å². The molecule has 1 aromatic heterocycles. The Morgan fingerprint density at radius 3 is 2.71 bits per heavy atom. The van der Waals surface area contributed by atoms with Gasteiger partial charge in [-0.1, -0.05) is 13.8 Å². The van der Waals surface area contributed by atoms with Crippen molar-refractivity contribution < 1.29 is 9.15 Å². The first-order valence-corrected chi connectivity index (χ1v) is 7.94. The highest BCUT2D eigenvalue weighted by molar-refractivity contribution is 5.84. The molecular formula is C18H25NO2. The Balaban J connectivity index is 1.93. The zero-order chi connectivity index (χ0) is 14.8. The summed E-state index contributed by atoms with van der Waals surface area (Å²) < 4.78 is 11.5. The Labute approximate surface area is 126 Å². The highest BCUT2D eigenvalue weighted by atomic mass is 16.5. The second-order valence-electron chi connectivity index (χ2n) is 6.43. The van der Waals surface area contributed by atoms with Gasteiger partial charge in [0.2, 0.25) is 0 Å². The van der Waals surface area contributed by atoms with Gasteiger partial charge in [0.15, 0.2) is 0 Å². The molecule has 3 nitrogen and oxygen atoms in total. The number of aryl methyl sites for hydroxylation is 2. The maximum Gasteiger partial charge on any atom is 0.135 e. The number of hydrogen-bond acceptors (Lipinski definition) is 3. The van der Waals surface area contributed by atoms with Crippen molar-refractivity contribution in [1.82, 2.24) is 5.32 Å². The zero-order valence-corrected chi connectivity index (χ0v) is 13.3. The summed E-state index contributed by atoms with van der Waals surface area (Å²) in [5.74, 6) is 1.67. The topological polar surface area (TPSA) is 34.4 Å². The molecule has 1 aliphatic carbocycles. The summed E-state index contributed by atoms with van der Waals surface area (Å²) in [5.41, 5.74) is 5.17. The van der Waals surface area contributed by atoms with Crippen LogP contribution < -0.4 is 5.32 Å². The fourth-order valence-electron chi connectivity index (χ4n) is 3.19. The molecule has 3 heteroatoms. The minimum atomic E-state index is 0.616. The summed E-state index contributed by atoms with van der Waals surface area (Å²) in [7, 11) is 1.75. The monoisotopic (exact) mass is 287 g/mol. The van der Waals surface area contributed by atoms with Crippen molar-refractivity contribution in [1.29, 1.82) is 0 Å². The third-order valence-corrected chi connectivity index (χ3v) is 4.22. The van der Waals surface area contributed by atoms with E-state index >= 15 is 0 Å². The standard InChI is InChI=1S/C18H25NO2/c1-12(2)9-19-10-18-16(11-20-3)15-7-13-5-4-6-14(13)8-17(15)21-18/h7-8,12,19H,4-6,9-11H2,1-3H3. The van der Waals surface area contributed by atoms with E-state index in [0.717, 1.165) is 24.4 Å². The average molecular weight is 287 g/mol. The van der Waals surface area contributed by atoms with Crippen LogP contribution in [0.4, 0.5) is 0 Å². The van der Waals surface area contributed by atoms with E-state index < -0.39 is 0 Å². The highest BCUT2D eigenvalue weighted by Gasteiger charge is 2.18. The van der Waals surface area contributed by atoms with Gasteiger partial charge >= 0.3 is 0 Å². The number of nitrogens with one attached hydrogen (secondary N) is 1. The van der Waals surface area contributed by atoms with Crippen LogP contribution in [0.15, 0.2) is 16.5 Å². The van der Waals surface area contributed by atoms with E-state index in [-0.39, 0.29) is 0 Å². The van der Waals surface area contributed by atoms with E-state index in [1.807, 2.05) is 0 Å². The SMILES string of the molecule is COCc1c(CNCC(C)C)oc2cc3c(cc12)CCC3. The summed E-state index contributed by atoms with van der Waals surface area (Å²) in [6.07, 6.45) is 3.65. The molecular weight excluding hydrogens is 262 g/mol. The van der Waals surface area contributed by atoms with Gasteiger partial charge in [-0.05, 0) is 55.0 Å². The van der Waals surface area contributed by atoms with E-state index in [1.165, 1.54) is 41.3 Å². The lowest BCUT2D eigenvalue weighted by atomic mass is 10.0. The van der Waals surface area contributed by atoms with Gasteiger partial charge in [0.25, 0.3) is 0 Å². The molecule has 0 saturated carbocycles. The van der Waals surface area contributed by atoms with E-state index in [4.69, 9.17) is 9.15 Å². The molecule has 1 N–H and O–H groups in total. The van der Waals surface area contributed by atoms with Crippen molar-refractivity contribution in [3.05, 3.63) is 34.6 Å². The van der Waals surface area contributed by atoms with Gasteiger partial charge in [-0.15, -0.1) is 0 Å². The molecule has 0 saturated heterocycles. The van der Waals surface area contributed by atoms with Crippen LogP contribution >= 0.6 is 0 Å². The van der Waals surface area contributed by atoms with Crippen molar-refractivity contribution in [2.45, 2.75) is 46.3 Å². The molecule has 0 amide bonds. The Kier molecular flexibility index (Phi) is 4.32. The van der Waals surface area contributed by atoms with Gasteiger partial charge < -0.3 is 14.5 Å². The van der Waals surface area contributed by atoms with E-state index in [2.05, 4.69) is 31.3 Å². The molecule has 0 bridgehead atoms. The molecule has 21 heavy (non-hydrogen) atoms. The fourth-order valence-corrected chi connectivity index (χ4v) is 3.19. The lowest BCUT2D eigenvalue weighted by Crippen LogP contribution is -2.19. The van der Waals surface area contributed by atoms with Crippen molar-refractivity contribution in [2.24, 2.45) is 5.92 Å². The largest absolute Gasteiger partial charge is 0.459 e. The molecule has 0 aliphatic heterocycles. The first-order valence-electron chi connectivity index (χ1n) is 7.94. The Morgan fingerprint density at radius 2 is 2.00 bits per heavy atom.